The van der Waals surface area contributed by atoms with Crippen LogP contribution in [0.3, 0.4) is 0 Å². The van der Waals surface area contributed by atoms with Crippen LogP contribution in [0.25, 0.3) is 0 Å². The van der Waals surface area contributed by atoms with Crippen LogP contribution in [0.2, 0.25) is 0 Å². The zero-order valence-corrected chi connectivity index (χ0v) is 18.5. The number of carbonyl (C=O) groups excluding carboxylic acids is 1. The molecule has 0 radical (unpaired) electrons. The molecule has 4 N–H and O–H groups in total. The van der Waals surface area contributed by atoms with Crippen molar-refractivity contribution in [3.63, 3.8) is 0 Å². The Morgan fingerprint density at radius 2 is 1.84 bits per heavy atom. The molecule has 0 bridgehead atoms. The van der Waals surface area contributed by atoms with E-state index in [9.17, 15) is 30.3 Å². The van der Waals surface area contributed by atoms with Gasteiger partial charge in [0.15, 0.2) is 0 Å². The van der Waals surface area contributed by atoms with Gasteiger partial charge in [0.2, 0.25) is 6.29 Å². The van der Waals surface area contributed by atoms with Crippen LogP contribution in [-0.4, -0.2) is 63.7 Å². The van der Waals surface area contributed by atoms with Crippen molar-refractivity contribution in [1.29, 1.82) is 0 Å². The van der Waals surface area contributed by atoms with E-state index < -0.39 is 54.5 Å². The number of hydrogen-bond donors (Lipinski definition) is 4. The molecule has 10 heteroatoms. The predicted octanol–water partition coefficient (Wildman–Crippen LogP) is -3.95. The maximum atomic E-state index is 11.2. The maximum absolute atomic E-state index is 11.2. The Bertz CT molecular complexity index is 1070. The Labute approximate surface area is 204 Å². The van der Waals surface area contributed by atoms with Crippen molar-refractivity contribution in [1.82, 2.24) is 0 Å². The number of aromatic hydroxyl groups is 1. The molecule has 1 saturated heterocycles. The molecule has 0 unspecified atom stereocenters. The first-order valence-corrected chi connectivity index (χ1v) is 9.21. The van der Waals surface area contributed by atoms with E-state index in [1.165, 1.54) is 12.1 Å². The van der Waals surface area contributed by atoms with Crippen LogP contribution in [0.1, 0.15) is 21.2 Å². The molecule has 2 aliphatic heterocycles. The number of phenols is 1. The van der Waals surface area contributed by atoms with Gasteiger partial charge in [-0.1, -0.05) is 18.2 Å². The predicted molar refractivity (Wildman–Crippen MR) is 98.8 cm³/mol. The number of aliphatic hydroxyl groups is 3. The number of hydrogen-bond acceptors (Lipinski definition) is 9. The number of fused-ring (bicyclic) bond motifs is 1. The third kappa shape index (κ3) is 4.98. The average Bonchev–Trinajstić information content (AvgIpc) is 2.80. The smallest absolute Gasteiger partial charge is 0.547 e. The number of aliphatic carboxylic acids is 1. The molecule has 0 saturated carbocycles. The van der Waals surface area contributed by atoms with Gasteiger partial charge in [-0.2, -0.15) is 0 Å². The van der Waals surface area contributed by atoms with Gasteiger partial charge in [-0.05, 0) is 35.7 Å². The second-order valence-corrected chi connectivity index (χ2v) is 7.15. The second kappa shape index (κ2) is 9.74. The van der Waals surface area contributed by atoms with E-state index in [1.807, 2.05) is 0 Å². The number of carboxylic acids is 1. The molecular weight excluding hydrogens is 419 g/mol. The van der Waals surface area contributed by atoms with Gasteiger partial charge >= 0.3 is 29.6 Å². The van der Waals surface area contributed by atoms with Gasteiger partial charge in [0.1, 0.15) is 41.7 Å². The number of rotatable bonds is 4. The van der Waals surface area contributed by atoms with Gasteiger partial charge in [0.25, 0.3) is 0 Å². The van der Waals surface area contributed by atoms with Crippen molar-refractivity contribution in [3.8, 4) is 17.2 Å². The minimum Gasteiger partial charge on any atom is -0.547 e. The van der Waals surface area contributed by atoms with Gasteiger partial charge in [-0.3, -0.25) is 0 Å². The molecule has 2 aromatic rings. The minimum atomic E-state index is -2.02. The summed E-state index contributed by atoms with van der Waals surface area (Å²) >= 11 is 0. The SMILES string of the molecule is [2H]c1c([2H])c(O[C@@H]2O[C@H](C(=O)[O-])[C@@H](O)[C@H](O)[C@H]2O)c([2H])c2c1C[C@@H](c1ccc(O)cc1)CO2.[Na+]. The molecule has 0 aromatic heterocycles. The van der Waals surface area contributed by atoms with Gasteiger partial charge in [0, 0.05) is 12.0 Å². The summed E-state index contributed by atoms with van der Waals surface area (Å²) in [5.74, 6) is -2.44. The van der Waals surface area contributed by atoms with E-state index in [4.69, 9.17) is 18.3 Å². The molecule has 0 aliphatic carbocycles. The largest absolute Gasteiger partial charge is 1.00 e. The molecule has 4 rings (SSSR count). The standard InChI is InChI=1S/C21H22O9.Na/c22-13-4-1-10(2-5-13)12-7-11-3-6-14(8-15(11)28-9-12)29-21-18(25)16(23)17(24)19(30-21)20(26)27;/h1-6,8,12,16-19,21-25H,7,9H2,(H,26,27);/q;+1/p-1/t12-,16+,17+,18-,19+,21-;/m1./s1/i3D,6D,8D;. The first kappa shape index (κ1) is 19.8. The Kier molecular flexibility index (Phi) is 6.22. The molecule has 0 amide bonds. The van der Waals surface area contributed by atoms with Crippen LogP contribution in [0, 0.1) is 0 Å². The van der Waals surface area contributed by atoms with Crippen molar-refractivity contribution >= 4 is 5.97 Å². The molecule has 31 heavy (non-hydrogen) atoms. The quantitative estimate of drug-likeness (QED) is 0.348. The van der Waals surface area contributed by atoms with Crippen molar-refractivity contribution in [2.45, 2.75) is 43.0 Å². The molecule has 6 atom stereocenters. The van der Waals surface area contributed by atoms with E-state index in [-0.39, 0.29) is 66.0 Å². The van der Waals surface area contributed by atoms with Crippen LogP contribution < -0.4 is 44.1 Å². The van der Waals surface area contributed by atoms with Crippen LogP contribution in [-0.2, 0) is 16.0 Å². The molecule has 9 nitrogen and oxygen atoms in total. The van der Waals surface area contributed by atoms with Crippen molar-refractivity contribution in [2.75, 3.05) is 6.61 Å². The molecule has 1 fully saturated rings. The van der Waals surface area contributed by atoms with Crippen molar-refractivity contribution in [2.24, 2.45) is 0 Å². The molecule has 2 heterocycles. The van der Waals surface area contributed by atoms with Crippen molar-refractivity contribution < 1.29 is 78.2 Å². The van der Waals surface area contributed by atoms with E-state index in [2.05, 4.69) is 0 Å². The third-order valence-electron chi connectivity index (χ3n) is 5.11. The van der Waals surface area contributed by atoms with Crippen LogP contribution >= 0.6 is 0 Å². The molecule has 0 spiro atoms. The van der Waals surface area contributed by atoms with Gasteiger partial charge in [-0.25, -0.2) is 0 Å². The van der Waals surface area contributed by atoms with Crippen LogP contribution in [0.4, 0.5) is 0 Å². The second-order valence-electron chi connectivity index (χ2n) is 7.15. The number of aliphatic hydroxyl groups excluding tert-OH is 3. The Balaban J connectivity index is 0.00000324. The number of ether oxygens (including phenoxy) is 3. The summed E-state index contributed by atoms with van der Waals surface area (Å²) in [4.78, 5) is 11.2. The van der Waals surface area contributed by atoms with E-state index in [1.54, 1.807) is 12.1 Å². The van der Waals surface area contributed by atoms with Gasteiger partial charge in [0.05, 0.1) is 16.7 Å². The number of phenolic OH excluding ortho intramolecular Hbond substituents is 1. The monoisotopic (exact) mass is 443 g/mol. The molecular formula is C21H21NaO9. The minimum absolute atomic E-state index is 0. The van der Waals surface area contributed by atoms with Crippen molar-refractivity contribution in [3.05, 3.63) is 53.5 Å². The zero-order chi connectivity index (χ0) is 24.0. The molecule has 2 aromatic carbocycles. The Hall–Kier alpha value is -1.85. The molecule has 2 aliphatic rings. The Morgan fingerprint density at radius 1 is 1.13 bits per heavy atom. The average molecular weight is 443 g/mol. The zero-order valence-electron chi connectivity index (χ0n) is 19.5. The summed E-state index contributed by atoms with van der Waals surface area (Å²) in [5, 5.41) is 50.5. The summed E-state index contributed by atoms with van der Waals surface area (Å²) in [6.45, 7) is 0.153. The fraction of sp³-hybridized carbons (Fsp3) is 0.381. The topological polar surface area (TPSA) is 149 Å². The number of carboxylic acid groups (broad SMARTS) is 1. The fourth-order valence-corrected chi connectivity index (χ4v) is 3.43. The summed E-state index contributed by atoms with van der Waals surface area (Å²) in [5.41, 5.74) is 1.14. The van der Waals surface area contributed by atoms with E-state index in [0.29, 0.717) is 5.56 Å². The maximum Gasteiger partial charge on any atom is 1.00 e. The summed E-state index contributed by atoms with van der Waals surface area (Å²) in [6, 6.07) is 5.27. The first-order valence-electron chi connectivity index (χ1n) is 10.7. The summed E-state index contributed by atoms with van der Waals surface area (Å²) in [6.07, 6.45) is -9.43. The van der Waals surface area contributed by atoms with Gasteiger partial charge < -0.3 is 44.5 Å². The first-order chi connectivity index (χ1) is 15.6. The Morgan fingerprint density at radius 3 is 2.52 bits per heavy atom. The van der Waals surface area contributed by atoms with E-state index >= 15 is 0 Å². The normalized spacial score (nSPS) is 31.1. The summed E-state index contributed by atoms with van der Waals surface area (Å²) < 4.78 is 41.1. The third-order valence-corrected chi connectivity index (χ3v) is 5.11. The van der Waals surface area contributed by atoms with Gasteiger partial charge in [-0.15, -0.1) is 0 Å². The fourth-order valence-electron chi connectivity index (χ4n) is 3.43. The van der Waals surface area contributed by atoms with E-state index in [0.717, 1.165) is 5.56 Å². The number of benzene rings is 2. The van der Waals surface area contributed by atoms with Crippen LogP contribution in [0.5, 0.6) is 17.2 Å². The van der Waals surface area contributed by atoms with Crippen LogP contribution in [0.15, 0.2) is 42.4 Å². The molecule has 160 valence electrons. The number of carbonyl (C=O) groups is 1. The summed E-state index contributed by atoms with van der Waals surface area (Å²) in [7, 11) is 0.